The maximum absolute atomic E-state index is 12.8. The molecule has 1 aliphatic carbocycles. The minimum absolute atomic E-state index is 0.0615. The lowest BCUT2D eigenvalue weighted by Crippen LogP contribution is -2.35. The van der Waals surface area contributed by atoms with Crippen molar-refractivity contribution in [2.24, 2.45) is 5.92 Å². The number of aromatic nitrogens is 2. The number of carbonyl (C=O) groups excluding carboxylic acids is 1. The summed E-state index contributed by atoms with van der Waals surface area (Å²) in [4.78, 5) is 13.9. The zero-order valence-corrected chi connectivity index (χ0v) is 14.3. The van der Waals surface area contributed by atoms with Gasteiger partial charge in [0.1, 0.15) is 11.4 Å². The number of hydrogen-bond donors (Lipinski definition) is 1. The minimum atomic E-state index is -0.0615. The number of nitrogens with zero attached hydrogens (tertiary/aromatic N) is 2. The summed E-state index contributed by atoms with van der Waals surface area (Å²) in [5, 5.41) is 9.83. The largest absolute Gasteiger partial charge is 0.348 e. The molecule has 1 atom stereocenters. The van der Waals surface area contributed by atoms with E-state index in [9.17, 15) is 4.79 Å². The van der Waals surface area contributed by atoms with Gasteiger partial charge in [-0.05, 0) is 55.3 Å². The Labute approximate surface area is 145 Å². The SMILES string of the molecule is C[C@@H](NC(=O)c1cc(-c2cccs2)nn1-c1ccccc1)C1CC1. The molecule has 0 spiro atoms. The first kappa shape index (κ1) is 15.1. The van der Waals surface area contributed by atoms with Crippen LogP contribution in [0.4, 0.5) is 0 Å². The van der Waals surface area contributed by atoms with Crippen LogP contribution in [0.3, 0.4) is 0 Å². The van der Waals surface area contributed by atoms with Crippen molar-refractivity contribution in [3.8, 4) is 16.3 Å². The average Bonchev–Trinajstić information content (AvgIpc) is 3.13. The fourth-order valence-corrected chi connectivity index (χ4v) is 3.53. The quantitative estimate of drug-likeness (QED) is 0.761. The van der Waals surface area contributed by atoms with Gasteiger partial charge in [-0.2, -0.15) is 5.10 Å². The van der Waals surface area contributed by atoms with E-state index >= 15 is 0 Å². The zero-order valence-electron chi connectivity index (χ0n) is 13.5. The fraction of sp³-hybridized carbons (Fsp3) is 0.263. The second-order valence-corrected chi connectivity index (χ2v) is 7.19. The van der Waals surface area contributed by atoms with Gasteiger partial charge in [0.05, 0.1) is 10.6 Å². The third-order valence-corrected chi connectivity index (χ3v) is 5.30. The Morgan fingerprint density at radius 3 is 2.71 bits per heavy atom. The number of carbonyl (C=O) groups is 1. The van der Waals surface area contributed by atoms with E-state index in [-0.39, 0.29) is 11.9 Å². The highest BCUT2D eigenvalue weighted by Crippen LogP contribution is 2.32. The molecule has 1 saturated carbocycles. The van der Waals surface area contributed by atoms with Crippen molar-refractivity contribution in [2.75, 3.05) is 0 Å². The summed E-state index contributed by atoms with van der Waals surface area (Å²) in [7, 11) is 0. The first-order valence-electron chi connectivity index (χ1n) is 8.22. The highest BCUT2D eigenvalue weighted by atomic mass is 32.1. The van der Waals surface area contributed by atoms with Gasteiger partial charge in [-0.25, -0.2) is 4.68 Å². The van der Waals surface area contributed by atoms with Crippen molar-refractivity contribution in [1.82, 2.24) is 15.1 Å². The third kappa shape index (κ3) is 2.99. The van der Waals surface area contributed by atoms with Crippen molar-refractivity contribution in [3.63, 3.8) is 0 Å². The van der Waals surface area contributed by atoms with Gasteiger partial charge in [-0.15, -0.1) is 11.3 Å². The predicted molar refractivity (Wildman–Crippen MR) is 96.5 cm³/mol. The van der Waals surface area contributed by atoms with Gasteiger partial charge >= 0.3 is 0 Å². The van der Waals surface area contributed by atoms with Crippen LogP contribution in [0.2, 0.25) is 0 Å². The Morgan fingerprint density at radius 1 is 1.25 bits per heavy atom. The Balaban J connectivity index is 1.71. The molecule has 1 aromatic carbocycles. The van der Waals surface area contributed by atoms with E-state index in [1.54, 1.807) is 16.0 Å². The number of benzene rings is 1. The van der Waals surface area contributed by atoms with Gasteiger partial charge in [0.2, 0.25) is 0 Å². The topological polar surface area (TPSA) is 46.9 Å². The van der Waals surface area contributed by atoms with Crippen LogP contribution >= 0.6 is 11.3 Å². The van der Waals surface area contributed by atoms with E-state index in [1.807, 2.05) is 53.9 Å². The van der Waals surface area contributed by atoms with Gasteiger partial charge in [-0.3, -0.25) is 4.79 Å². The molecule has 24 heavy (non-hydrogen) atoms. The molecule has 1 amide bonds. The maximum atomic E-state index is 12.8. The number of para-hydroxylation sites is 1. The molecule has 0 saturated heterocycles. The van der Waals surface area contributed by atoms with Crippen LogP contribution in [-0.4, -0.2) is 21.7 Å². The van der Waals surface area contributed by atoms with E-state index < -0.39 is 0 Å². The second-order valence-electron chi connectivity index (χ2n) is 6.24. The lowest BCUT2D eigenvalue weighted by molar-refractivity contribution is 0.0928. The van der Waals surface area contributed by atoms with Crippen LogP contribution < -0.4 is 5.32 Å². The monoisotopic (exact) mass is 337 g/mol. The molecule has 2 aromatic heterocycles. The second kappa shape index (κ2) is 6.24. The molecular formula is C19H19N3OS. The average molecular weight is 337 g/mol. The van der Waals surface area contributed by atoms with Crippen LogP contribution in [0.5, 0.6) is 0 Å². The summed E-state index contributed by atoms with van der Waals surface area (Å²) in [6, 6.07) is 15.9. The molecule has 1 fully saturated rings. The van der Waals surface area contributed by atoms with Gasteiger partial charge < -0.3 is 5.32 Å². The number of rotatable bonds is 5. The molecule has 0 aliphatic heterocycles. The van der Waals surface area contributed by atoms with Crippen molar-refractivity contribution < 1.29 is 4.79 Å². The molecule has 4 rings (SSSR count). The number of thiophene rings is 1. The smallest absolute Gasteiger partial charge is 0.270 e. The predicted octanol–water partition coefficient (Wildman–Crippen LogP) is 4.13. The first-order valence-corrected chi connectivity index (χ1v) is 9.10. The van der Waals surface area contributed by atoms with Crippen molar-refractivity contribution in [2.45, 2.75) is 25.8 Å². The Bertz CT molecular complexity index is 835. The van der Waals surface area contributed by atoms with Gasteiger partial charge in [0, 0.05) is 6.04 Å². The molecule has 4 nitrogen and oxygen atoms in total. The number of amides is 1. The van der Waals surface area contributed by atoms with E-state index in [2.05, 4.69) is 17.3 Å². The highest BCUT2D eigenvalue weighted by molar-refractivity contribution is 7.13. The molecular weight excluding hydrogens is 318 g/mol. The van der Waals surface area contributed by atoms with E-state index in [0.29, 0.717) is 11.6 Å². The summed E-state index contributed by atoms with van der Waals surface area (Å²) < 4.78 is 1.74. The van der Waals surface area contributed by atoms with E-state index in [0.717, 1.165) is 16.3 Å². The molecule has 122 valence electrons. The molecule has 1 aliphatic rings. The van der Waals surface area contributed by atoms with E-state index in [1.165, 1.54) is 12.8 Å². The molecule has 1 N–H and O–H groups in total. The van der Waals surface area contributed by atoms with Crippen LogP contribution in [0, 0.1) is 5.92 Å². The molecule has 3 aromatic rings. The Hall–Kier alpha value is -2.40. The molecule has 0 radical (unpaired) electrons. The summed E-state index contributed by atoms with van der Waals surface area (Å²) in [6.07, 6.45) is 2.42. The lowest BCUT2D eigenvalue weighted by atomic mass is 10.2. The van der Waals surface area contributed by atoms with Crippen molar-refractivity contribution in [3.05, 3.63) is 59.6 Å². The third-order valence-electron chi connectivity index (χ3n) is 4.40. The highest BCUT2D eigenvalue weighted by Gasteiger charge is 2.30. The van der Waals surface area contributed by atoms with Crippen LogP contribution in [0.25, 0.3) is 16.3 Å². The summed E-state index contributed by atoms with van der Waals surface area (Å²) in [5.74, 6) is 0.562. The summed E-state index contributed by atoms with van der Waals surface area (Å²) in [6.45, 7) is 2.08. The molecule has 0 unspecified atom stereocenters. The molecule has 5 heteroatoms. The summed E-state index contributed by atoms with van der Waals surface area (Å²) in [5.41, 5.74) is 2.31. The van der Waals surface area contributed by atoms with Gasteiger partial charge in [0.25, 0.3) is 5.91 Å². The number of nitrogens with one attached hydrogen (secondary N) is 1. The van der Waals surface area contributed by atoms with Gasteiger partial charge in [-0.1, -0.05) is 24.3 Å². The maximum Gasteiger partial charge on any atom is 0.270 e. The fourth-order valence-electron chi connectivity index (χ4n) is 2.85. The first-order chi connectivity index (χ1) is 11.7. The minimum Gasteiger partial charge on any atom is -0.348 e. The van der Waals surface area contributed by atoms with E-state index in [4.69, 9.17) is 0 Å². The normalized spacial score (nSPS) is 15.2. The molecule has 0 bridgehead atoms. The Kier molecular flexibility index (Phi) is 3.94. The summed E-state index contributed by atoms with van der Waals surface area (Å²) >= 11 is 1.63. The lowest BCUT2D eigenvalue weighted by Gasteiger charge is -2.13. The molecule has 2 heterocycles. The van der Waals surface area contributed by atoms with Crippen molar-refractivity contribution in [1.29, 1.82) is 0 Å². The number of hydrogen-bond acceptors (Lipinski definition) is 3. The Morgan fingerprint density at radius 2 is 2.04 bits per heavy atom. The zero-order chi connectivity index (χ0) is 16.5. The van der Waals surface area contributed by atoms with Crippen LogP contribution in [-0.2, 0) is 0 Å². The van der Waals surface area contributed by atoms with Crippen LogP contribution in [0.1, 0.15) is 30.3 Å². The van der Waals surface area contributed by atoms with Gasteiger partial charge in [0.15, 0.2) is 0 Å². The standard InChI is InChI=1S/C19H19N3OS/c1-13(14-9-10-14)20-19(23)17-12-16(18-8-5-11-24-18)21-22(17)15-6-3-2-4-7-15/h2-8,11-14H,9-10H2,1H3,(H,20,23)/t13-/m1/s1. The van der Waals surface area contributed by atoms with Crippen molar-refractivity contribution >= 4 is 17.2 Å². The van der Waals surface area contributed by atoms with Crippen LogP contribution in [0.15, 0.2) is 53.9 Å².